The van der Waals surface area contributed by atoms with Crippen LogP contribution in [0.3, 0.4) is 0 Å². The fourth-order valence-electron chi connectivity index (χ4n) is 2.45. The third-order valence-corrected chi connectivity index (χ3v) is 6.38. The zero-order valence-corrected chi connectivity index (χ0v) is 15.6. The first-order valence-corrected chi connectivity index (χ1v) is 10.2. The average molecular weight is 404 g/mol. The van der Waals surface area contributed by atoms with Gasteiger partial charge in [0, 0.05) is 28.4 Å². The summed E-state index contributed by atoms with van der Waals surface area (Å²) in [7, 11) is -3.89. The molecule has 0 amide bonds. The Hall–Kier alpha value is -2.59. The molecule has 0 aliphatic heterocycles. The minimum absolute atomic E-state index is 0.0250. The van der Waals surface area contributed by atoms with E-state index in [-0.39, 0.29) is 17.1 Å². The highest BCUT2D eigenvalue weighted by atomic mass is 32.2. The first-order chi connectivity index (χ1) is 12.9. The molecule has 27 heavy (non-hydrogen) atoms. The SMILES string of the molecule is O=[N+]([O-])c1cccc(S(=O)(=O)NCc2ccc(C(O)c3ccccc3)s2)c1. The number of nitro groups is 1. The largest absolute Gasteiger partial charge is 0.383 e. The Kier molecular flexibility index (Phi) is 5.66. The van der Waals surface area contributed by atoms with Crippen LogP contribution in [0.25, 0.3) is 0 Å². The first kappa shape index (κ1) is 19.2. The Morgan fingerprint density at radius 2 is 1.81 bits per heavy atom. The van der Waals surface area contributed by atoms with Crippen LogP contribution in [0.4, 0.5) is 5.69 Å². The molecule has 0 spiro atoms. The van der Waals surface area contributed by atoms with E-state index in [1.807, 2.05) is 30.3 Å². The van der Waals surface area contributed by atoms with Gasteiger partial charge in [0.25, 0.3) is 5.69 Å². The van der Waals surface area contributed by atoms with E-state index < -0.39 is 21.1 Å². The van der Waals surface area contributed by atoms with Gasteiger partial charge < -0.3 is 5.11 Å². The molecule has 0 saturated heterocycles. The van der Waals surface area contributed by atoms with Gasteiger partial charge >= 0.3 is 0 Å². The molecule has 2 aromatic carbocycles. The van der Waals surface area contributed by atoms with Crippen molar-refractivity contribution in [1.29, 1.82) is 0 Å². The van der Waals surface area contributed by atoms with Crippen molar-refractivity contribution in [3.8, 4) is 0 Å². The summed E-state index contributed by atoms with van der Waals surface area (Å²) in [6.45, 7) is 0.0250. The zero-order valence-electron chi connectivity index (χ0n) is 14.0. The molecule has 2 N–H and O–H groups in total. The lowest BCUT2D eigenvalue weighted by Crippen LogP contribution is -2.22. The summed E-state index contributed by atoms with van der Waals surface area (Å²) in [6, 6.07) is 17.5. The number of non-ortho nitro benzene ring substituents is 1. The molecule has 140 valence electrons. The van der Waals surface area contributed by atoms with Crippen LogP contribution in [0.2, 0.25) is 0 Å². The van der Waals surface area contributed by atoms with Crippen LogP contribution in [0.15, 0.2) is 71.6 Å². The summed E-state index contributed by atoms with van der Waals surface area (Å²) in [5.74, 6) is 0. The summed E-state index contributed by atoms with van der Waals surface area (Å²) in [5.41, 5.74) is 0.463. The molecular formula is C18H16N2O5S2. The Morgan fingerprint density at radius 3 is 2.52 bits per heavy atom. The maximum atomic E-state index is 12.4. The monoisotopic (exact) mass is 404 g/mol. The van der Waals surface area contributed by atoms with Gasteiger partial charge in [-0.3, -0.25) is 10.1 Å². The Labute approximate surface area is 160 Å². The molecule has 9 heteroatoms. The number of rotatable bonds is 7. The van der Waals surface area contributed by atoms with Gasteiger partial charge in [-0.15, -0.1) is 11.3 Å². The smallest absolute Gasteiger partial charge is 0.270 e. The molecule has 1 atom stereocenters. The maximum Gasteiger partial charge on any atom is 0.270 e. The molecule has 0 fully saturated rings. The Bertz CT molecular complexity index is 1050. The van der Waals surface area contributed by atoms with Crippen molar-refractivity contribution in [2.75, 3.05) is 0 Å². The summed E-state index contributed by atoms with van der Waals surface area (Å²) < 4.78 is 27.2. The molecule has 0 aliphatic rings. The summed E-state index contributed by atoms with van der Waals surface area (Å²) in [4.78, 5) is 11.4. The lowest BCUT2D eigenvalue weighted by atomic mass is 10.1. The van der Waals surface area contributed by atoms with Gasteiger partial charge in [-0.1, -0.05) is 36.4 Å². The van der Waals surface area contributed by atoms with Crippen molar-refractivity contribution in [3.63, 3.8) is 0 Å². The molecule has 0 saturated carbocycles. The second-order valence-electron chi connectivity index (χ2n) is 5.70. The van der Waals surface area contributed by atoms with Gasteiger partial charge in [0.1, 0.15) is 6.10 Å². The van der Waals surface area contributed by atoms with Crippen LogP contribution in [0.5, 0.6) is 0 Å². The summed E-state index contributed by atoms with van der Waals surface area (Å²) in [6.07, 6.45) is -0.779. The molecule has 7 nitrogen and oxygen atoms in total. The zero-order chi connectivity index (χ0) is 19.4. The highest BCUT2D eigenvalue weighted by molar-refractivity contribution is 7.89. The molecule has 3 rings (SSSR count). The second kappa shape index (κ2) is 7.97. The number of benzene rings is 2. The lowest BCUT2D eigenvalue weighted by Gasteiger charge is -2.08. The van der Waals surface area contributed by atoms with E-state index in [1.165, 1.54) is 29.5 Å². The molecule has 1 heterocycles. The number of aliphatic hydroxyl groups excluding tert-OH is 1. The number of hydrogen-bond donors (Lipinski definition) is 2. The van der Waals surface area contributed by atoms with Gasteiger partial charge in [0.2, 0.25) is 10.0 Å². The minimum Gasteiger partial charge on any atom is -0.383 e. The van der Waals surface area contributed by atoms with E-state index in [2.05, 4.69) is 4.72 Å². The lowest BCUT2D eigenvalue weighted by molar-refractivity contribution is -0.385. The van der Waals surface area contributed by atoms with Crippen molar-refractivity contribution < 1.29 is 18.4 Å². The van der Waals surface area contributed by atoms with Gasteiger partial charge in [-0.25, -0.2) is 13.1 Å². The summed E-state index contributed by atoms with van der Waals surface area (Å²) >= 11 is 1.29. The van der Waals surface area contributed by atoms with Crippen molar-refractivity contribution in [3.05, 3.63) is 92.2 Å². The molecular weight excluding hydrogens is 388 g/mol. The molecule has 1 aromatic heterocycles. The summed E-state index contributed by atoms with van der Waals surface area (Å²) in [5, 5.41) is 21.2. The van der Waals surface area contributed by atoms with Crippen LogP contribution in [0, 0.1) is 10.1 Å². The molecule has 0 radical (unpaired) electrons. The highest BCUT2D eigenvalue weighted by Gasteiger charge is 2.18. The van der Waals surface area contributed by atoms with E-state index in [4.69, 9.17) is 0 Å². The van der Waals surface area contributed by atoms with Gasteiger partial charge in [-0.2, -0.15) is 0 Å². The minimum atomic E-state index is -3.89. The number of nitrogens with zero attached hydrogens (tertiary/aromatic N) is 1. The number of nitrogens with one attached hydrogen (secondary N) is 1. The Morgan fingerprint density at radius 1 is 1.07 bits per heavy atom. The number of sulfonamides is 1. The van der Waals surface area contributed by atoms with Crippen LogP contribution in [0.1, 0.15) is 21.4 Å². The third-order valence-electron chi connectivity index (χ3n) is 3.84. The van der Waals surface area contributed by atoms with Crippen LogP contribution in [-0.4, -0.2) is 18.4 Å². The van der Waals surface area contributed by atoms with Crippen molar-refractivity contribution in [2.24, 2.45) is 0 Å². The normalized spacial score (nSPS) is 12.6. The van der Waals surface area contributed by atoms with E-state index in [1.54, 1.807) is 12.1 Å². The number of nitro benzene ring substituents is 1. The molecule has 0 aliphatic carbocycles. The van der Waals surface area contributed by atoms with Gasteiger partial charge in [0.15, 0.2) is 0 Å². The quantitative estimate of drug-likeness (QED) is 0.464. The second-order valence-corrected chi connectivity index (χ2v) is 8.66. The Balaban J connectivity index is 1.71. The van der Waals surface area contributed by atoms with E-state index in [9.17, 15) is 23.6 Å². The van der Waals surface area contributed by atoms with Gasteiger partial charge in [-0.05, 0) is 23.8 Å². The first-order valence-electron chi connectivity index (χ1n) is 7.92. The van der Waals surface area contributed by atoms with Crippen LogP contribution in [-0.2, 0) is 16.6 Å². The van der Waals surface area contributed by atoms with Crippen LogP contribution >= 0.6 is 11.3 Å². The van der Waals surface area contributed by atoms with Gasteiger partial charge in [0.05, 0.1) is 9.82 Å². The van der Waals surface area contributed by atoms with Crippen molar-refractivity contribution in [1.82, 2.24) is 4.72 Å². The highest BCUT2D eigenvalue weighted by Crippen LogP contribution is 2.28. The number of hydrogen-bond acceptors (Lipinski definition) is 6. The molecule has 3 aromatic rings. The average Bonchev–Trinajstić information content (AvgIpc) is 3.16. The molecule has 0 bridgehead atoms. The van der Waals surface area contributed by atoms with Crippen LogP contribution < -0.4 is 4.72 Å². The topological polar surface area (TPSA) is 110 Å². The standard InChI is InChI=1S/C18H16N2O5S2/c21-18(13-5-2-1-3-6-13)17-10-9-15(26-17)12-19-27(24,25)16-8-4-7-14(11-16)20(22)23/h1-11,18-19,21H,12H2. The number of thiophene rings is 1. The number of aliphatic hydroxyl groups is 1. The van der Waals surface area contributed by atoms with E-state index >= 15 is 0 Å². The predicted octanol–water partition coefficient (Wildman–Crippen LogP) is 3.22. The molecule has 1 unspecified atom stereocenters. The van der Waals surface area contributed by atoms with E-state index in [0.29, 0.717) is 9.75 Å². The van der Waals surface area contributed by atoms with Crippen molar-refractivity contribution >= 4 is 27.0 Å². The fourth-order valence-corrected chi connectivity index (χ4v) is 4.55. The predicted molar refractivity (Wildman–Crippen MR) is 102 cm³/mol. The fraction of sp³-hybridized carbons (Fsp3) is 0.111. The van der Waals surface area contributed by atoms with E-state index in [0.717, 1.165) is 11.6 Å². The maximum absolute atomic E-state index is 12.4. The van der Waals surface area contributed by atoms with Crippen molar-refractivity contribution in [2.45, 2.75) is 17.5 Å². The third kappa shape index (κ3) is 4.58.